The first-order valence-corrected chi connectivity index (χ1v) is 9.95. The van der Waals surface area contributed by atoms with E-state index in [9.17, 15) is 9.59 Å². The highest BCUT2D eigenvalue weighted by atomic mass is 35.5. The maximum Gasteiger partial charge on any atom is 0.240 e. The first-order valence-electron chi connectivity index (χ1n) is 9.57. The molecule has 3 aromatic rings. The van der Waals surface area contributed by atoms with Gasteiger partial charge >= 0.3 is 0 Å². The van der Waals surface area contributed by atoms with Gasteiger partial charge < -0.3 is 10.1 Å². The zero-order chi connectivity index (χ0) is 21.1. The number of fused-ring (bicyclic) bond motifs is 1. The monoisotopic (exact) mass is 424 g/mol. The largest absolute Gasteiger partial charge is 0.497 e. The molecule has 0 spiro atoms. The zero-order valence-electron chi connectivity index (χ0n) is 16.5. The normalized spacial score (nSPS) is 13.1. The van der Waals surface area contributed by atoms with Crippen LogP contribution >= 0.6 is 11.6 Å². The van der Waals surface area contributed by atoms with E-state index in [1.54, 1.807) is 17.9 Å². The second kappa shape index (κ2) is 8.59. The highest BCUT2D eigenvalue weighted by Crippen LogP contribution is 2.29. The predicted octanol–water partition coefficient (Wildman–Crippen LogP) is 3.27. The summed E-state index contributed by atoms with van der Waals surface area (Å²) in [7, 11) is 1.60. The van der Waals surface area contributed by atoms with E-state index in [0.717, 1.165) is 16.9 Å². The van der Waals surface area contributed by atoms with Gasteiger partial charge in [0.25, 0.3) is 0 Å². The summed E-state index contributed by atoms with van der Waals surface area (Å²) in [5.74, 6) is 0.991. The Morgan fingerprint density at radius 2 is 2.03 bits per heavy atom. The number of nitrogens with zero attached hydrogens (tertiary/aromatic N) is 3. The molecule has 0 saturated heterocycles. The van der Waals surface area contributed by atoms with Gasteiger partial charge in [0.2, 0.25) is 11.8 Å². The fourth-order valence-corrected chi connectivity index (χ4v) is 3.58. The van der Waals surface area contributed by atoms with Gasteiger partial charge in [-0.15, -0.1) is 0 Å². The lowest BCUT2D eigenvalue weighted by atomic mass is 10.1. The van der Waals surface area contributed by atoms with Crippen LogP contribution in [0.2, 0.25) is 5.02 Å². The summed E-state index contributed by atoms with van der Waals surface area (Å²) in [6, 6.07) is 16.7. The van der Waals surface area contributed by atoms with Crippen molar-refractivity contribution in [1.29, 1.82) is 0 Å². The molecule has 2 amide bonds. The summed E-state index contributed by atoms with van der Waals surface area (Å²) in [4.78, 5) is 26.5. The van der Waals surface area contributed by atoms with Crippen molar-refractivity contribution in [3.05, 3.63) is 65.2 Å². The number of hydrogen-bond donors (Lipinski definition) is 1. The summed E-state index contributed by atoms with van der Waals surface area (Å²) >= 11 is 6.09. The lowest BCUT2D eigenvalue weighted by molar-refractivity contribution is -0.124. The fourth-order valence-electron chi connectivity index (χ4n) is 3.39. The van der Waals surface area contributed by atoms with Crippen LogP contribution in [0.1, 0.15) is 12.0 Å². The Bertz CT molecular complexity index is 1100. The van der Waals surface area contributed by atoms with Crippen molar-refractivity contribution < 1.29 is 14.3 Å². The number of benzene rings is 2. The summed E-state index contributed by atoms with van der Waals surface area (Å²) in [5, 5.41) is 8.06. The molecular weight excluding hydrogens is 404 g/mol. The van der Waals surface area contributed by atoms with E-state index in [1.165, 1.54) is 4.90 Å². The molecule has 1 aliphatic rings. The molecule has 154 valence electrons. The van der Waals surface area contributed by atoms with Gasteiger partial charge in [-0.25, -0.2) is 4.68 Å². The molecule has 1 N–H and O–H groups in total. The van der Waals surface area contributed by atoms with Crippen LogP contribution in [-0.2, 0) is 22.7 Å². The first-order chi connectivity index (χ1) is 14.5. The molecule has 0 saturated carbocycles. The number of anilines is 1. The summed E-state index contributed by atoms with van der Waals surface area (Å²) in [6.07, 6.45) is 0.298. The minimum Gasteiger partial charge on any atom is -0.497 e. The quantitative estimate of drug-likeness (QED) is 0.659. The van der Waals surface area contributed by atoms with Crippen LogP contribution in [0.5, 0.6) is 5.75 Å². The van der Waals surface area contributed by atoms with Gasteiger partial charge in [0.15, 0.2) is 0 Å². The molecule has 4 rings (SSSR count). The van der Waals surface area contributed by atoms with E-state index < -0.39 is 0 Å². The van der Waals surface area contributed by atoms with E-state index in [-0.39, 0.29) is 18.4 Å². The first kappa shape index (κ1) is 20.0. The third kappa shape index (κ3) is 4.31. The van der Waals surface area contributed by atoms with Crippen molar-refractivity contribution in [3.63, 3.8) is 0 Å². The van der Waals surface area contributed by atoms with Crippen molar-refractivity contribution in [2.75, 3.05) is 18.6 Å². The number of rotatable bonds is 6. The SMILES string of the molecule is COc1cccc(CNC(=O)CN2C(=O)CCn3nc(-c4cccc(Cl)c4)cc32)c1. The Balaban J connectivity index is 1.48. The average Bonchev–Trinajstić information content (AvgIpc) is 3.19. The number of halogens is 1. The van der Waals surface area contributed by atoms with Crippen LogP contribution in [0.15, 0.2) is 54.6 Å². The molecule has 7 nitrogen and oxygen atoms in total. The maximum atomic E-state index is 12.5. The molecule has 0 unspecified atom stereocenters. The number of hydrogen-bond acceptors (Lipinski definition) is 4. The number of nitrogens with one attached hydrogen (secondary N) is 1. The van der Waals surface area contributed by atoms with E-state index in [1.807, 2.05) is 48.5 Å². The Kier molecular flexibility index (Phi) is 5.72. The summed E-state index contributed by atoms with van der Waals surface area (Å²) in [6.45, 7) is 0.769. The van der Waals surface area contributed by atoms with Crippen LogP contribution < -0.4 is 15.0 Å². The second-order valence-electron chi connectivity index (χ2n) is 6.98. The van der Waals surface area contributed by atoms with Crippen LogP contribution in [0.25, 0.3) is 11.3 Å². The Hall–Kier alpha value is -3.32. The molecule has 2 aromatic carbocycles. The van der Waals surface area contributed by atoms with Crippen LogP contribution in [0.4, 0.5) is 5.82 Å². The minimum atomic E-state index is -0.245. The molecule has 1 aliphatic heterocycles. The lowest BCUT2D eigenvalue weighted by Crippen LogP contribution is -2.44. The molecule has 8 heteroatoms. The van der Waals surface area contributed by atoms with Crippen molar-refractivity contribution in [2.45, 2.75) is 19.5 Å². The predicted molar refractivity (Wildman–Crippen MR) is 114 cm³/mol. The molecular formula is C22H21ClN4O3. The number of carbonyl (C=O) groups excluding carboxylic acids is 2. The molecule has 0 atom stereocenters. The third-order valence-corrected chi connectivity index (χ3v) is 5.15. The molecule has 0 aliphatic carbocycles. The Morgan fingerprint density at radius 1 is 1.20 bits per heavy atom. The summed E-state index contributed by atoms with van der Waals surface area (Å²) in [5.41, 5.74) is 2.49. The van der Waals surface area contributed by atoms with E-state index >= 15 is 0 Å². The van der Waals surface area contributed by atoms with Gasteiger partial charge in [0.1, 0.15) is 18.1 Å². The van der Waals surface area contributed by atoms with Crippen LogP contribution in [0.3, 0.4) is 0 Å². The Labute approximate surface area is 179 Å². The number of aryl methyl sites for hydroxylation is 1. The van der Waals surface area contributed by atoms with Gasteiger partial charge in [-0.1, -0.05) is 35.9 Å². The van der Waals surface area contributed by atoms with E-state index in [2.05, 4.69) is 10.4 Å². The smallest absolute Gasteiger partial charge is 0.240 e. The van der Waals surface area contributed by atoms with E-state index in [0.29, 0.717) is 36.0 Å². The van der Waals surface area contributed by atoms with Crippen molar-refractivity contribution in [3.8, 4) is 17.0 Å². The van der Waals surface area contributed by atoms with E-state index in [4.69, 9.17) is 16.3 Å². The van der Waals surface area contributed by atoms with Gasteiger partial charge in [-0.05, 0) is 29.8 Å². The molecule has 1 aromatic heterocycles. The van der Waals surface area contributed by atoms with Crippen LogP contribution in [0, 0.1) is 0 Å². The van der Waals surface area contributed by atoms with Gasteiger partial charge in [0.05, 0.1) is 19.3 Å². The third-order valence-electron chi connectivity index (χ3n) is 4.92. The zero-order valence-corrected chi connectivity index (χ0v) is 17.2. The van der Waals surface area contributed by atoms with Crippen molar-refractivity contribution in [1.82, 2.24) is 15.1 Å². The lowest BCUT2D eigenvalue weighted by Gasteiger charge is -2.26. The molecule has 0 radical (unpaired) electrons. The number of amides is 2. The van der Waals surface area contributed by atoms with Crippen molar-refractivity contribution in [2.24, 2.45) is 0 Å². The molecule has 0 bridgehead atoms. The molecule has 30 heavy (non-hydrogen) atoms. The van der Waals surface area contributed by atoms with Gasteiger partial charge in [0, 0.05) is 29.6 Å². The summed E-state index contributed by atoms with van der Waals surface area (Å²) < 4.78 is 6.96. The van der Waals surface area contributed by atoms with Gasteiger partial charge in [-0.3, -0.25) is 14.5 Å². The highest BCUT2D eigenvalue weighted by molar-refractivity contribution is 6.30. The standard InChI is InChI=1S/C22H21ClN4O3/c1-30-18-7-2-4-15(10-18)13-24-20(28)14-26-21-12-19(16-5-3-6-17(23)11-16)25-27(21)9-8-22(26)29/h2-7,10-12H,8-9,13-14H2,1H3,(H,24,28). The number of aromatic nitrogens is 2. The molecule has 2 heterocycles. The minimum absolute atomic E-state index is 0.0660. The fraction of sp³-hybridized carbons (Fsp3) is 0.227. The second-order valence-corrected chi connectivity index (χ2v) is 7.42. The number of carbonyl (C=O) groups is 2. The number of ether oxygens (including phenoxy) is 1. The van der Waals surface area contributed by atoms with Gasteiger partial charge in [-0.2, -0.15) is 5.10 Å². The average molecular weight is 425 g/mol. The molecule has 0 fully saturated rings. The van der Waals surface area contributed by atoms with Crippen LogP contribution in [-0.4, -0.2) is 35.2 Å². The van der Waals surface area contributed by atoms with Crippen molar-refractivity contribution >= 4 is 29.2 Å². The highest BCUT2D eigenvalue weighted by Gasteiger charge is 2.28. The Morgan fingerprint density at radius 3 is 2.83 bits per heavy atom. The number of methoxy groups -OCH3 is 1. The maximum absolute atomic E-state index is 12.5. The topological polar surface area (TPSA) is 76.5 Å².